The van der Waals surface area contributed by atoms with Crippen LogP contribution < -0.4 is 0 Å². The Bertz CT molecular complexity index is 291. The zero-order chi connectivity index (χ0) is 8.97. The number of rotatable bonds is 2. The van der Waals surface area contributed by atoms with E-state index in [9.17, 15) is 5.11 Å². The fraction of sp³-hybridized carbons (Fsp3) is 0.250. The third-order valence-electron chi connectivity index (χ3n) is 1.57. The van der Waals surface area contributed by atoms with Gasteiger partial charge in [0.05, 0.1) is 6.10 Å². The molecule has 1 unspecified atom stereocenters. The van der Waals surface area contributed by atoms with Crippen molar-refractivity contribution in [3.8, 4) is 0 Å². The smallest absolute Gasteiger partial charge is 0.385 e. The Kier molecular flexibility index (Phi) is 3.09. The van der Waals surface area contributed by atoms with Gasteiger partial charge in [0.25, 0.3) is 0 Å². The highest BCUT2D eigenvalue weighted by Gasteiger charge is 2.07. The van der Waals surface area contributed by atoms with Gasteiger partial charge in [-0.1, -0.05) is 0 Å². The molecule has 1 aromatic carbocycles. The number of thiol groups is 1. The first-order valence-electron chi connectivity index (χ1n) is 3.52. The molecule has 1 aromatic rings. The molecule has 0 aliphatic carbocycles. The maximum absolute atomic E-state index is 9.32. The molecular formula is C8H9N2OS+. The van der Waals surface area contributed by atoms with Crippen molar-refractivity contribution < 1.29 is 5.11 Å². The number of aliphatic hydroxyl groups is 1. The van der Waals surface area contributed by atoms with Crippen LogP contribution in [0.4, 0.5) is 5.69 Å². The van der Waals surface area contributed by atoms with Gasteiger partial charge in [-0.05, 0) is 17.7 Å². The van der Waals surface area contributed by atoms with E-state index >= 15 is 0 Å². The van der Waals surface area contributed by atoms with Crippen molar-refractivity contribution in [3.63, 3.8) is 0 Å². The van der Waals surface area contributed by atoms with Crippen molar-refractivity contribution in [1.29, 1.82) is 5.39 Å². The quantitative estimate of drug-likeness (QED) is 0.542. The molecule has 1 rings (SSSR count). The molecule has 62 valence electrons. The lowest BCUT2D eigenvalue weighted by Gasteiger charge is -2.04. The summed E-state index contributed by atoms with van der Waals surface area (Å²) < 4.78 is 0. The number of nitrogens with zero attached hydrogens (tertiary/aromatic N) is 2. The van der Waals surface area contributed by atoms with Crippen LogP contribution in [0.15, 0.2) is 24.3 Å². The van der Waals surface area contributed by atoms with Crippen LogP contribution in [0.3, 0.4) is 0 Å². The van der Waals surface area contributed by atoms with E-state index < -0.39 is 6.10 Å². The largest absolute Gasteiger partial charge is 0.388 e. The van der Waals surface area contributed by atoms with Crippen LogP contribution in [0.25, 0.3) is 4.98 Å². The summed E-state index contributed by atoms with van der Waals surface area (Å²) in [6, 6.07) is 6.66. The van der Waals surface area contributed by atoms with Crippen LogP contribution in [0.1, 0.15) is 11.7 Å². The van der Waals surface area contributed by atoms with Gasteiger partial charge in [-0.3, -0.25) is 0 Å². The second-order valence-corrected chi connectivity index (χ2v) is 2.76. The van der Waals surface area contributed by atoms with Crippen LogP contribution in [0.5, 0.6) is 0 Å². The average molecular weight is 181 g/mol. The topological polar surface area (TPSA) is 48.4 Å². The Balaban J connectivity index is 2.86. The maximum Gasteiger partial charge on any atom is 0.385 e. The van der Waals surface area contributed by atoms with Crippen molar-refractivity contribution in [2.45, 2.75) is 6.10 Å². The van der Waals surface area contributed by atoms with Crippen molar-refractivity contribution in [3.05, 3.63) is 34.8 Å². The molecule has 0 aliphatic rings. The van der Waals surface area contributed by atoms with Gasteiger partial charge >= 0.3 is 5.69 Å². The van der Waals surface area contributed by atoms with Crippen molar-refractivity contribution in [2.75, 3.05) is 5.75 Å². The SMILES string of the molecule is N#[N+]c1ccc(C(O)CS)cc1. The summed E-state index contributed by atoms with van der Waals surface area (Å²) in [5.41, 5.74) is 1.25. The van der Waals surface area contributed by atoms with Gasteiger partial charge in [0.15, 0.2) is 4.98 Å². The Morgan fingerprint density at radius 3 is 2.42 bits per heavy atom. The average Bonchev–Trinajstić information content (AvgIpc) is 2.17. The van der Waals surface area contributed by atoms with E-state index in [1.165, 1.54) is 0 Å². The molecule has 0 fully saturated rings. The molecule has 0 saturated heterocycles. The van der Waals surface area contributed by atoms with Crippen molar-refractivity contribution in [2.24, 2.45) is 0 Å². The molecule has 4 heteroatoms. The van der Waals surface area contributed by atoms with Crippen LogP contribution in [-0.2, 0) is 0 Å². The van der Waals surface area contributed by atoms with Gasteiger partial charge in [0.2, 0.25) is 5.39 Å². The highest BCUT2D eigenvalue weighted by Crippen LogP contribution is 2.18. The second kappa shape index (κ2) is 4.10. The van der Waals surface area contributed by atoms with Gasteiger partial charge in [-0.25, -0.2) is 0 Å². The van der Waals surface area contributed by atoms with Crippen LogP contribution >= 0.6 is 12.6 Å². The molecule has 0 aliphatic heterocycles. The summed E-state index contributed by atoms with van der Waals surface area (Å²) in [4.78, 5) is 3.00. The van der Waals surface area contributed by atoms with Crippen LogP contribution in [0, 0.1) is 5.39 Å². The van der Waals surface area contributed by atoms with E-state index in [0.717, 1.165) is 5.56 Å². The van der Waals surface area contributed by atoms with E-state index in [-0.39, 0.29) is 0 Å². The lowest BCUT2D eigenvalue weighted by atomic mass is 10.1. The Morgan fingerprint density at radius 1 is 1.42 bits per heavy atom. The molecule has 3 nitrogen and oxygen atoms in total. The molecule has 1 N–H and O–H groups in total. The third kappa shape index (κ3) is 1.97. The lowest BCUT2D eigenvalue weighted by Crippen LogP contribution is -1.97. The predicted octanol–water partition coefficient (Wildman–Crippen LogP) is 2.13. The lowest BCUT2D eigenvalue weighted by molar-refractivity contribution is 0.204. The van der Waals surface area contributed by atoms with Crippen LogP contribution in [0.2, 0.25) is 0 Å². The fourth-order valence-corrected chi connectivity index (χ4v) is 1.08. The molecule has 12 heavy (non-hydrogen) atoms. The van der Waals surface area contributed by atoms with E-state index in [1.54, 1.807) is 24.3 Å². The number of hydrogen-bond donors (Lipinski definition) is 2. The maximum atomic E-state index is 9.32. The zero-order valence-electron chi connectivity index (χ0n) is 6.38. The summed E-state index contributed by atoms with van der Waals surface area (Å²) in [5, 5.41) is 17.7. The van der Waals surface area contributed by atoms with Gasteiger partial charge in [0.1, 0.15) is 0 Å². The summed E-state index contributed by atoms with van der Waals surface area (Å²) in [6.45, 7) is 0. The van der Waals surface area contributed by atoms with Gasteiger partial charge in [-0.2, -0.15) is 12.6 Å². The predicted molar refractivity (Wildman–Crippen MR) is 50.0 cm³/mol. The first kappa shape index (κ1) is 9.04. The molecule has 0 radical (unpaired) electrons. The minimum Gasteiger partial charge on any atom is -0.388 e. The van der Waals surface area contributed by atoms with Crippen LogP contribution in [-0.4, -0.2) is 10.9 Å². The van der Waals surface area contributed by atoms with Crippen molar-refractivity contribution in [1.82, 2.24) is 0 Å². The molecule has 0 saturated carbocycles. The second-order valence-electron chi connectivity index (χ2n) is 2.39. The standard InChI is InChI=1S/C8H8N2OS/c9-10-7-3-1-6(2-4-7)8(11)5-12/h1-4,8,11H,5H2/p+1. The van der Waals surface area contributed by atoms with E-state index in [4.69, 9.17) is 5.39 Å². The van der Waals surface area contributed by atoms with Gasteiger partial charge in [-0.15, -0.1) is 0 Å². The first-order valence-corrected chi connectivity index (χ1v) is 4.15. The van der Waals surface area contributed by atoms with Gasteiger partial charge < -0.3 is 5.11 Å². The van der Waals surface area contributed by atoms with E-state index in [0.29, 0.717) is 11.4 Å². The number of hydrogen-bond acceptors (Lipinski definition) is 3. The van der Waals surface area contributed by atoms with Gasteiger partial charge in [0, 0.05) is 17.9 Å². The number of benzene rings is 1. The van der Waals surface area contributed by atoms with E-state index in [2.05, 4.69) is 17.6 Å². The highest BCUT2D eigenvalue weighted by atomic mass is 32.1. The molecule has 0 heterocycles. The number of diazo groups is 1. The van der Waals surface area contributed by atoms with E-state index in [1.807, 2.05) is 0 Å². The normalized spacial score (nSPS) is 12.1. The fourth-order valence-electron chi connectivity index (χ4n) is 0.869. The Hall–Kier alpha value is -1.05. The minimum absolute atomic E-state index is 0.385. The third-order valence-corrected chi connectivity index (χ3v) is 1.91. The Morgan fingerprint density at radius 2 is 2.00 bits per heavy atom. The molecule has 0 amide bonds. The summed E-state index contributed by atoms with van der Waals surface area (Å²) in [7, 11) is 0. The molecule has 0 spiro atoms. The number of aliphatic hydroxyl groups excluding tert-OH is 1. The molecule has 0 aromatic heterocycles. The zero-order valence-corrected chi connectivity index (χ0v) is 7.28. The monoisotopic (exact) mass is 181 g/mol. The Labute approximate surface area is 76.1 Å². The van der Waals surface area contributed by atoms with Crippen molar-refractivity contribution >= 4 is 18.3 Å². The summed E-state index contributed by atoms with van der Waals surface area (Å²) in [6.07, 6.45) is -0.555. The molecule has 1 atom stereocenters. The molecular weight excluding hydrogens is 172 g/mol. The molecule has 0 bridgehead atoms. The summed E-state index contributed by atoms with van der Waals surface area (Å²) >= 11 is 3.95. The minimum atomic E-state index is -0.555. The first-order chi connectivity index (χ1) is 5.77. The summed E-state index contributed by atoms with van der Waals surface area (Å²) in [5.74, 6) is 0.385. The highest BCUT2D eigenvalue weighted by molar-refractivity contribution is 7.80.